The molecule has 3 nitrogen and oxygen atoms in total. The standard InChI is InChI=1S/C15H23NO2/c1-10-5-6-15(17-4)14(7-10)16-13-8-11(2)18-12(3)9-13/h5-7,11-13,16H,8-9H2,1-4H3. The normalized spacial score (nSPS) is 27.9. The third kappa shape index (κ3) is 3.16. The van der Waals surface area contributed by atoms with Crippen LogP contribution in [0.25, 0.3) is 0 Å². The average Bonchev–Trinajstić information content (AvgIpc) is 2.27. The van der Waals surface area contributed by atoms with Gasteiger partial charge in [-0.05, 0) is 51.3 Å². The van der Waals surface area contributed by atoms with Gasteiger partial charge in [-0.1, -0.05) is 6.07 Å². The zero-order valence-electron chi connectivity index (χ0n) is 11.7. The molecule has 2 rings (SSSR count). The fourth-order valence-corrected chi connectivity index (χ4v) is 2.68. The van der Waals surface area contributed by atoms with Crippen LogP contribution in [0.15, 0.2) is 18.2 Å². The number of rotatable bonds is 3. The molecule has 0 aliphatic carbocycles. The molecule has 100 valence electrons. The van der Waals surface area contributed by atoms with Crippen molar-refractivity contribution in [3.05, 3.63) is 23.8 Å². The van der Waals surface area contributed by atoms with Crippen LogP contribution in [0.3, 0.4) is 0 Å². The van der Waals surface area contributed by atoms with Crippen molar-refractivity contribution in [2.45, 2.75) is 51.9 Å². The summed E-state index contributed by atoms with van der Waals surface area (Å²) in [4.78, 5) is 0. The van der Waals surface area contributed by atoms with E-state index in [0.29, 0.717) is 18.2 Å². The minimum Gasteiger partial charge on any atom is -0.495 e. The first-order valence-corrected chi connectivity index (χ1v) is 6.65. The molecule has 0 aromatic heterocycles. The Bertz CT molecular complexity index is 395. The number of hydrogen-bond donors (Lipinski definition) is 1. The molecule has 1 aromatic carbocycles. The third-order valence-corrected chi connectivity index (χ3v) is 3.41. The highest BCUT2D eigenvalue weighted by Crippen LogP contribution is 2.29. The Morgan fingerprint density at radius 2 is 1.89 bits per heavy atom. The summed E-state index contributed by atoms with van der Waals surface area (Å²) in [5, 5.41) is 3.60. The molecule has 18 heavy (non-hydrogen) atoms. The highest BCUT2D eigenvalue weighted by Gasteiger charge is 2.24. The largest absolute Gasteiger partial charge is 0.495 e. The lowest BCUT2D eigenvalue weighted by Gasteiger charge is -2.33. The van der Waals surface area contributed by atoms with Gasteiger partial charge in [-0.25, -0.2) is 0 Å². The Morgan fingerprint density at radius 3 is 2.50 bits per heavy atom. The van der Waals surface area contributed by atoms with Gasteiger partial charge >= 0.3 is 0 Å². The summed E-state index contributed by atoms with van der Waals surface area (Å²) in [6.45, 7) is 6.37. The molecule has 1 aromatic rings. The summed E-state index contributed by atoms with van der Waals surface area (Å²) in [6.07, 6.45) is 2.73. The number of benzene rings is 1. The molecule has 0 saturated carbocycles. The SMILES string of the molecule is COc1ccc(C)cc1NC1CC(C)OC(C)C1. The number of hydrogen-bond acceptors (Lipinski definition) is 3. The Morgan fingerprint density at radius 1 is 1.22 bits per heavy atom. The molecule has 0 bridgehead atoms. The maximum Gasteiger partial charge on any atom is 0.141 e. The summed E-state index contributed by atoms with van der Waals surface area (Å²) in [6, 6.07) is 6.69. The quantitative estimate of drug-likeness (QED) is 0.891. The molecular formula is C15H23NO2. The molecule has 1 heterocycles. The van der Waals surface area contributed by atoms with E-state index in [0.717, 1.165) is 24.3 Å². The third-order valence-electron chi connectivity index (χ3n) is 3.41. The summed E-state index contributed by atoms with van der Waals surface area (Å²) >= 11 is 0. The summed E-state index contributed by atoms with van der Waals surface area (Å²) in [5.74, 6) is 0.910. The predicted octanol–water partition coefficient (Wildman–Crippen LogP) is 3.37. The zero-order valence-corrected chi connectivity index (χ0v) is 11.7. The first-order valence-electron chi connectivity index (χ1n) is 6.65. The molecule has 1 N–H and O–H groups in total. The number of aryl methyl sites for hydroxylation is 1. The molecule has 0 spiro atoms. The van der Waals surface area contributed by atoms with Gasteiger partial charge in [0.1, 0.15) is 5.75 Å². The fourth-order valence-electron chi connectivity index (χ4n) is 2.68. The topological polar surface area (TPSA) is 30.5 Å². The minimum absolute atomic E-state index is 0.321. The smallest absolute Gasteiger partial charge is 0.141 e. The van der Waals surface area contributed by atoms with E-state index in [4.69, 9.17) is 9.47 Å². The molecule has 0 radical (unpaired) electrons. The molecular weight excluding hydrogens is 226 g/mol. The number of anilines is 1. The van der Waals surface area contributed by atoms with E-state index < -0.39 is 0 Å². The maximum absolute atomic E-state index is 5.76. The lowest BCUT2D eigenvalue weighted by molar-refractivity contribution is -0.0338. The number of methoxy groups -OCH3 is 1. The van der Waals surface area contributed by atoms with E-state index in [-0.39, 0.29) is 0 Å². The second-order valence-electron chi connectivity index (χ2n) is 5.27. The van der Waals surface area contributed by atoms with Crippen molar-refractivity contribution in [1.82, 2.24) is 0 Å². The maximum atomic E-state index is 5.76. The number of ether oxygens (including phenoxy) is 2. The average molecular weight is 249 g/mol. The Hall–Kier alpha value is -1.22. The lowest BCUT2D eigenvalue weighted by atomic mass is 9.99. The van der Waals surface area contributed by atoms with Crippen molar-refractivity contribution in [2.75, 3.05) is 12.4 Å². The first kappa shape index (κ1) is 13.2. The van der Waals surface area contributed by atoms with Crippen LogP contribution in [0.1, 0.15) is 32.3 Å². The van der Waals surface area contributed by atoms with E-state index in [1.54, 1.807) is 7.11 Å². The molecule has 1 aliphatic heterocycles. The van der Waals surface area contributed by atoms with Gasteiger partial charge in [-0.15, -0.1) is 0 Å². The highest BCUT2D eigenvalue weighted by molar-refractivity contribution is 5.58. The molecule has 3 heteroatoms. The summed E-state index contributed by atoms with van der Waals surface area (Å²) in [7, 11) is 1.71. The van der Waals surface area contributed by atoms with Crippen molar-refractivity contribution in [3.63, 3.8) is 0 Å². The monoisotopic (exact) mass is 249 g/mol. The summed E-state index contributed by atoms with van der Waals surface area (Å²) < 4.78 is 11.2. The highest BCUT2D eigenvalue weighted by atomic mass is 16.5. The van der Waals surface area contributed by atoms with Gasteiger partial charge in [0.15, 0.2) is 0 Å². The van der Waals surface area contributed by atoms with Crippen LogP contribution < -0.4 is 10.1 Å². The Labute approximate surface area is 109 Å². The zero-order chi connectivity index (χ0) is 13.1. The van der Waals surface area contributed by atoms with Gasteiger partial charge in [0.2, 0.25) is 0 Å². The van der Waals surface area contributed by atoms with Crippen molar-refractivity contribution >= 4 is 5.69 Å². The van der Waals surface area contributed by atoms with Gasteiger partial charge in [0.05, 0.1) is 25.0 Å². The van der Waals surface area contributed by atoms with Gasteiger partial charge in [-0.3, -0.25) is 0 Å². The van der Waals surface area contributed by atoms with Crippen LogP contribution in [0.4, 0.5) is 5.69 Å². The van der Waals surface area contributed by atoms with E-state index in [2.05, 4.69) is 38.2 Å². The fraction of sp³-hybridized carbons (Fsp3) is 0.600. The molecule has 1 aliphatic rings. The van der Waals surface area contributed by atoms with E-state index in [9.17, 15) is 0 Å². The van der Waals surface area contributed by atoms with Gasteiger partial charge < -0.3 is 14.8 Å². The molecule has 0 amide bonds. The molecule has 2 unspecified atom stereocenters. The van der Waals surface area contributed by atoms with E-state index in [1.807, 2.05) is 6.07 Å². The minimum atomic E-state index is 0.321. The van der Waals surface area contributed by atoms with Crippen LogP contribution in [-0.4, -0.2) is 25.4 Å². The van der Waals surface area contributed by atoms with Gasteiger partial charge in [0, 0.05) is 6.04 Å². The Kier molecular flexibility index (Phi) is 4.12. The van der Waals surface area contributed by atoms with E-state index >= 15 is 0 Å². The van der Waals surface area contributed by atoms with Crippen LogP contribution in [-0.2, 0) is 4.74 Å². The van der Waals surface area contributed by atoms with E-state index in [1.165, 1.54) is 5.56 Å². The van der Waals surface area contributed by atoms with Crippen LogP contribution in [0.5, 0.6) is 5.75 Å². The van der Waals surface area contributed by atoms with Crippen molar-refractivity contribution in [1.29, 1.82) is 0 Å². The van der Waals surface area contributed by atoms with Crippen LogP contribution >= 0.6 is 0 Å². The van der Waals surface area contributed by atoms with Crippen LogP contribution in [0, 0.1) is 6.92 Å². The second-order valence-corrected chi connectivity index (χ2v) is 5.27. The van der Waals surface area contributed by atoms with Crippen LogP contribution in [0.2, 0.25) is 0 Å². The second kappa shape index (κ2) is 5.61. The molecule has 1 fully saturated rings. The molecule has 1 saturated heterocycles. The van der Waals surface area contributed by atoms with Crippen molar-refractivity contribution < 1.29 is 9.47 Å². The van der Waals surface area contributed by atoms with Crippen molar-refractivity contribution in [2.24, 2.45) is 0 Å². The molecule has 2 atom stereocenters. The Balaban J connectivity index is 2.10. The van der Waals surface area contributed by atoms with Gasteiger partial charge in [0.25, 0.3) is 0 Å². The predicted molar refractivity (Wildman–Crippen MR) is 74.4 cm³/mol. The van der Waals surface area contributed by atoms with Gasteiger partial charge in [-0.2, -0.15) is 0 Å². The van der Waals surface area contributed by atoms with Crippen molar-refractivity contribution in [3.8, 4) is 5.75 Å². The first-order chi connectivity index (χ1) is 8.58. The summed E-state index contributed by atoms with van der Waals surface area (Å²) in [5.41, 5.74) is 2.33. The lowest BCUT2D eigenvalue weighted by Crippen LogP contribution is -2.36. The number of nitrogens with one attached hydrogen (secondary N) is 1.